The van der Waals surface area contributed by atoms with Gasteiger partial charge in [0.1, 0.15) is 5.60 Å². The van der Waals surface area contributed by atoms with Crippen molar-refractivity contribution >= 4 is 6.09 Å². The van der Waals surface area contributed by atoms with Crippen LogP contribution in [0.2, 0.25) is 0 Å². The Bertz CT molecular complexity index is 463. The first-order chi connectivity index (χ1) is 8.97. The second kappa shape index (κ2) is 5.43. The highest BCUT2D eigenvalue weighted by Crippen LogP contribution is 2.28. The third kappa shape index (κ3) is 3.56. The van der Waals surface area contributed by atoms with E-state index in [1.165, 1.54) is 0 Å². The van der Waals surface area contributed by atoms with Gasteiger partial charge in [-0.05, 0) is 38.8 Å². The van der Waals surface area contributed by atoms with Gasteiger partial charge in [0.15, 0.2) is 0 Å². The first-order valence-electron chi connectivity index (χ1n) is 6.52. The molecule has 0 N–H and O–H groups in total. The Morgan fingerprint density at radius 1 is 1.42 bits per heavy atom. The van der Waals surface area contributed by atoms with Crippen LogP contribution < -0.4 is 0 Å². The zero-order chi connectivity index (χ0) is 13.9. The van der Waals surface area contributed by atoms with Crippen molar-refractivity contribution in [2.75, 3.05) is 6.54 Å². The highest BCUT2D eigenvalue weighted by atomic mass is 16.6. The van der Waals surface area contributed by atoms with Gasteiger partial charge < -0.3 is 4.74 Å². The topological polar surface area (TPSA) is 42.4 Å². The Labute approximate surface area is 114 Å². The summed E-state index contributed by atoms with van der Waals surface area (Å²) >= 11 is 0. The largest absolute Gasteiger partial charge is 0.444 e. The summed E-state index contributed by atoms with van der Waals surface area (Å²) in [5.74, 6) is 0. The molecule has 0 radical (unpaired) electrons. The highest BCUT2D eigenvalue weighted by molar-refractivity contribution is 5.69. The van der Waals surface area contributed by atoms with E-state index in [0.717, 1.165) is 12.0 Å². The number of ether oxygens (including phenoxy) is 1. The molecule has 1 aromatic rings. The van der Waals surface area contributed by atoms with Crippen LogP contribution in [0, 0.1) is 0 Å². The van der Waals surface area contributed by atoms with E-state index >= 15 is 0 Å². The van der Waals surface area contributed by atoms with Gasteiger partial charge in [0.05, 0.1) is 6.04 Å². The number of nitrogens with zero attached hydrogens (tertiary/aromatic N) is 2. The second-order valence-electron chi connectivity index (χ2n) is 5.64. The Balaban J connectivity index is 2.18. The van der Waals surface area contributed by atoms with Gasteiger partial charge in [0.2, 0.25) is 0 Å². The summed E-state index contributed by atoms with van der Waals surface area (Å²) < 4.78 is 5.46. The van der Waals surface area contributed by atoms with Gasteiger partial charge in [0.25, 0.3) is 0 Å². The Morgan fingerprint density at radius 2 is 2.21 bits per heavy atom. The fourth-order valence-corrected chi connectivity index (χ4v) is 2.08. The van der Waals surface area contributed by atoms with Crippen LogP contribution in [-0.2, 0) is 4.74 Å². The lowest BCUT2D eigenvalue weighted by molar-refractivity contribution is 0.0176. The standard InChI is InChI=1S/C15H20N2O2/c1-15(2,3)19-14(18)17-10-5-4-8-13(17)12-7-6-9-16-11-12/h4-7,9,11,13H,8,10H2,1-3H3. The molecule has 0 saturated carbocycles. The van der Waals surface area contributed by atoms with E-state index in [1.54, 1.807) is 17.3 Å². The second-order valence-corrected chi connectivity index (χ2v) is 5.64. The van der Waals surface area contributed by atoms with Crippen LogP contribution in [-0.4, -0.2) is 28.1 Å². The number of hydrogen-bond donors (Lipinski definition) is 0. The molecule has 4 heteroatoms. The molecule has 1 atom stereocenters. The molecule has 0 aliphatic carbocycles. The number of aromatic nitrogens is 1. The molecule has 1 aliphatic heterocycles. The summed E-state index contributed by atoms with van der Waals surface area (Å²) in [5.41, 5.74) is 0.565. The maximum absolute atomic E-state index is 12.2. The minimum absolute atomic E-state index is 0.00792. The van der Waals surface area contributed by atoms with E-state index in [9.17, 15) is 4.79 Å². The van der Waals surface area contributed by atoms with Crippen molar-refractivity contribution in [1.29, 1.82) is 0 Å². The SMILES string of the molecule is CC(C)(C)OC(=O)N1CC=CCC1c1cccnc1. The molecule has 0 saturated heterocycles. The van der Waals surface area contributed by atoms with Crippen LogP contribution in [0.5, 0.6) is 0 Å². The molecular weight excluding hydrogens is 240 g/mol. The lowest BCUT2D eigenvalue weighted by Gasteiger charge is -2.34. The van der Waals surface area contributed by atoms with Crippen molar-refractivity contribution in [3.8, 4) is 0 Å². The van der Waals surface area contributed by atoms with E-state index in [2.05, 4.69) is 11.1 Å². The molecule has 2 heterocycles. The molecule has 19 heavy (non-hydrogen) atoms. The van der Waals surface area contributed by atoms with Crippen LogP contribution in [0.25, 0.3) is 0 Å². The molecule has 0 fully saturated rings. The van der Waals surface area contributed by atoms with Crippen molar-refractivity contribution in [3.05, 3.63) is 42.2 Å². The van der Waals surface area contributed by atoms with Gasteiger partial charge >= 0.3 is 6.09 Å². The van der Waals surface area contributed by atoms with Gasteiger partial charge in [-0.25, -0.2) is 4.79 Å². The summed E-state index contributed by atoms with van der Waals surface area (Å²) in [6.45, 7) is 6.21. The average Bonchev–Trinajstić information content (AvgIpc) is 2.38. The first kappa shape index (κ1) is 13.6. The minimum atomic E-state index is -0.474. The smallest absolute Gasteiger partial charge is 0.411 e. The van der Waals surface area contributed by atoms with Gasteiger partial charge in [-0.2, -0.15) is 0 Å². The Morgan fingerprint density at radius 3 is 2.84 bits per heavy atom. The summed E-state index contributed by atoms with van der Waals surface area (Å²) in [4.78, 5) is 18.1. The van der Waals surface area contributed by atoms with Gasteiger partial charge in [0, 0.05) is 18.9 Å². The van der Waals surface area contributed by atoms with Crippen molar-refractivity contribution in [1.82, 2.24) is 9.88 Å². The van der Waals surface area contributed by atoms with Gasteiger partial charge in [-0.15, -0.1) is 0 Å². The number of carbonyl (C=O) groups is 1. The van der Waals surface area contributed by atoms with Gasteiger partial charge in [-0.1, -0.05) is 18.2 Å². The van der Waals surface area contributed by atoms with E-state index in [0.29, 0.717) is 6.54 Å². The molecule has 102 valence electrons. The van der Waals surface area contributed by atoms with Crippen molar-refractivity contribution < 1.29 is 9.53 Å². The molecule has 2 rings (SSSR count). The molecule has 1 aliphatic rings. The zero-order valence-electron chi connectivity index (χ0n) is 11.7. The minimum Gasteiger partial charge on any atom is -0.444 e. The average molecular weight is 260 g/mol. The number of amides is 1. The van der Waals surface area contributed by atoms with E-state index in [4.69, 9.17) is 4.74 Å². The third-order valence-electron chi connectivity index (χ3n) is 2.90. The van der Waals surface area contributed by atoms with Crippen molar-refractivity contribution in [2.45, 2.75) is 38.8 Å². The number of rotatable bonds is 1. The van der Waals surface area contributed by atoms with Crippen LogP contribution in [0.4, 0.5) is 4.79 Å². The molecule has 0 spiro atoms. The Kier molecular flexibility index (Phi) is 3.88. The summed E-state index contributed by atoms with van der Waals surface area (Å²) in [7, 11) is 0. The molecule has 1 amide bonds. The molecule has 4 nitrogen and oxygen atoms in total. The predicted octanol–water partition coefficient (Wildman–Crippen LogP) is 3.32. The molecular formula is C15H20N2O2. The van der Waals surface area contributed by atoms with Crippen LogP contribution in [0.1, 0.15) is 38.8 Å². The summed E-state index contributed by atoms with van der Waals surface area (Å²) in [6, 6.07) is 3.89. The monoisotopic (exact) mass is 260 g/mol. The van der Waals surface area contributed by atoms with Gasteiger partial charge in [-0.3, -0.25) is 9.88 Å². The maximum Gasteiger partial charge on any atom is 0.411 e. The fraction of sp³-hybridized carbons (Fsp3) is 0.467. The lowest BCUT2D eigenvalue weighted by Crippen LogP contribution is -2.40. The van der Waals surface area contributed by atoms with Crippen molar-refractivity contribution in [3.63, 3.8) is 0 Å². The third-order valence-corrected chi connectivity index (χ3v) is 2.90. The van der Waals surface area contributed by atoms with Crippen molar-refractivity contribution in [2.24, 2.45) is 0 Å². The molecule has 1 unspecified atom stereocenters. The molecule has 0 bridgehead atoms. The maximum atomic E-state index is 12.2. The van der Waals surface area contributed by atoms with Crippen LogP contribution >= 0.6 is 0 Å². The summed E-state index contributed by atoms with van der Waals surface area (Å²) in [5, 5.41) is 0. The fourth-order valence-electron chi connectivity index (χ4n) is 2.08. The normalized spacial score (nSPS) is 19.3. The number of carbonyl (C=O) groups excluding carboxylic acids is 1. The number of pyridine rings is 1. The zero-order valence-corrected chi connectivity index (χ0v) is 11.7. The predicted molar refractivity (Wildman–Crippen MR) is 73.7 cm³/mol. The summed E-state index contributed by atoms with van der Waals surface area (Å²) in [6.07, 6.45) is 8.16. The number of hydrogen-bond acceptors (Lipinski definition) is 3. The van der Waals surface area contributed by atoms with E-state index in [1.807, 2.05) is 39.0 Å². The van der Waals surface area contributed by atoms with Crippen LogP contribution in [0.15, 0.2) is 36.7 Å². The molecule has 1 aromatic heterocycles. The molecule has 0 aromatic carbocycles. The van der Waals surface area contributed by atoms with Crippen LogP contribution in [0.3, 0.4) is 0 Å². The van der Waals surface area contributed by atoms with E-state index in [-0.39, 0.29) is 12.1 Å². The highest BCUT2D eigenvalue weighted by Gasteiger charge is 2.29. The quantitative estimate of drug-likeness (QED) is 0.727. The Hall–Kier alpha value is -1.84. The first-order valence-corrected chi connectivity index (χ1v) is 6.52. The lowest BCUT2D eigenvalue weighted by atomic mass is 10.0. The van der Waals surface area contributed by atoms with E-state index < -0.39 is 5.60 Å².